The number of carbonyl (C=O) groups is 1. The predicted octanol–water partition coefficient (Wildman–Crippen LogP) is 1.90. The van der Waals surface area contributed by atoms with Crippen LogP contribution in [-0.2, 0) is 11.3 Å². The number of fused-ring (bicyclic) bond motifs is 1. The third kappa shape index (κ3) is 3.35. The number of hydrogen-bond acceptors (Lipinski definition) is 5. The van der Waals surface area contributed by atoms with Gasteiger partial charge in [0.1, 0.15) is 6.54 Å². The highest BCUT2D eigenvalue weighted by Gasteiger charge is 2.06. The number of carbonyl (C=O) groups excluding carboxylic acids is 1. The molecule has 0 spiro atoms. The number of aromatic hydroxyl groups is 1. The summed E-state index contributed by atoms with van der Waals surface area (Å²) in [6.07, 6.45) is 3.07. The lowest BCUT2D eigenvalue weighted by atomic mass is 10.2. The van der Waals surface area contributed by atoms with Crippen LogP contribution in [0.1, 0.15) is 5.56 Å². The van der Waals surface area contributed by atoms with Gasteiger partial charge in [0.15, 0.2) is 11.5 Å². The van der Waals surface area contributed by atoms with Crippen molar-refractivity contribution in [1.29, 1.82) is 0 Å². The summed E-state index contributed by atoms with van der Waals surface area (Å²) in [6, 6.07) is 12.4. The molecule has 1 heterocycles. The van der Waals surface area contributed by atoms with Gasteiger partial charge >= 0.3 is 0 Å². The molecule has 2 N–H and O–H groups in total. The van der Waals surface area contributed by atoms with Crippen LogP contribution < -0.4 is 10.2 Å². The standard InChI is InChI=1S/C17H16N4O3/c1-24-16-7-6-12(8-15(16)22)9-19-20-17(23)10-21-11-18-13-4-2-3-5-14(13)21/h2-9,11,22H,10H2,1H3,(H,20,23)/b19-9+. The molecule has 0 aliphatic rings. The van der Waals surface area contributed by atoms with Crippen molar-refractivity contribution in [1.82, 2.24) is 15.0 Å². The van der Waals surface area contributed by atoms with Gasteiger partial charge in [-0.2, -0.15) is 5.10 Å². The summed E-state index contributed by atoms with van der Waals surface area (Å²) in [5, 5.41) is 13.6. The smallest absolute Gasteiger partial charge is 0.260 e. The van der Waals surface area contributed by atoms with Gasteiger partial charge in [-0.15, -0.1) is 0 Å². The molecule has 24 heavy (non-hydrogen) atoms. The second-order valence-electron chi connectivity index (χ2n) is 5.09. The highest BCUT2D eigenvalue weighted by molar-refractivity contribution is 5.84. The summed E-state index contributed by atoms with van der Waals surface area (Å²) in [5.41, 5.74) is 4.81. The number of methoxy groups -OCH3 is 1. The lowest BCUT2D eigenvalue weighted by Gasteiger charge is -2.04. The molecular weight excluding hydrogens is 308 g/mol. The molecule has 0 aliphatic carbocycles. The summed E-state index contributed by atoms with van der Waals surface area (Å²) in [6.45, 7) is 0.117. The average molecular weight is 324 g/mol. The van der Waals surface area contributed by atoms with Crippen LogP contribution in [0.4, 0.5) is 0 Å². The molecule has 0 saturated heterocycles. The molecule has 0 bridgehead atoms. The number of amides is 1. The maximum atomic E-state index is 12.0. The summed E-state index contributed by atoms with van der Waals surface area (Å²) in [5.74, 6) is 0.118. The molecule has 0 atom stereocenters. The van der Waals surface area contributed by atoms with Gasteiger partial charge in [0, 0.05) is 0 Å². The van der Waals surface area contributed by atoms with Crippen LogP contribution in [0.3, 0.4) is 0 Å². The Balaban J connectivity index is 1.62. The number of imidazole rings is 1. The number of para-hydroxylation sites is 2. The Morgan fingerprint density at radius 3 is 3.00 bits per heavy atom. The van der Waals surface area contributed by atoms with Gasteiger partial charge in [0.2, 0.25) is 0 Å². The van der Waals surface area contributed by atoms with Gasteiger partial charge in [0.25, 0.3) is 5.91 Å². The van der Waals surface area contributed by atoms with Crippen LogP contribution in [0.25, 0.3) is 11.0 Å². The molecule has 7 heteroatoms. The van der Waals surface area contributed by atoms with Crippen LogP contribution in [0, 0.1) is 0 Å². The van der Waals surface area contributed by atoms with E-state index in [9.17, 15) is 9.90 Å². The molecular formula is C17H16N4O3. The first-order valence-corrected chi connectivity index (χ1v) is 7.26. The zero-order chi connectivity index (χ0) is 16.9. The third-order valence-electron chi connectivity index (χ3n) is 3.45. The Morgan fingerprint density at radius 2 is 2.21 bits per heavy atom. The molecule has 3 aromatic rings. The van der Waals surface area contributed by atoms with Gasteiger partial charge in [-0.05, 0) is 35.9 Å². The van der Waals surface area contributed by atoms with E-state index in [0.29, 0.717) is 11.3 Å². The Hall–Kier alpha value is -3.35. The third-order valence-corrected chi connectivity index (χ3v) is 3.45. The molecule has 3 rings (SSSR count). The van der Waals surface area contributed by atoms with Gasteiger partial charge in [0.05, 0.1) is 30.7 Å². The molecule has 1 amide bonds. The number of phenols is 1. The van der Waals surface area contributed by atoms with Crippen LogP contribution in [-0.4, -0.2) is 33.9 Å². The van der Waals surface area contributed by atoms with Gasteiger partial charge in [-0.25, -0.2) is 10.4 Å². The molecule has 122 valence electrons. The van der Waals surface area contributed by atoms with Crippen molar-refractivity contribution in [3.63, 3.8) is 0 Å². The van der Waals surface area contributed by atoms with Gasteiger partial charge in [-0.1, -0.05) is 12.1 Å². The van der Waals surface area contributed by atoms with Crippen LogP contribution in [0.2, 0.25) is 0 Å². The molecule has 0 aliphatic heterocycles. The zero-order valence-electron chi connectivity index (χ0n) is 13.0. The van der Waals surface area contributed by atoms with Crippen molar-refractivity contribution >= 4 is 23.2 Å². The largest absolute Gasteiger partial charge is 0.504 e. The van der Waals surface area contributed by atoms with Crippen molar-refractivity contribution < 1.29 is 14.6 Å². The highest BCUT2D eigenvalue weighted by Crippen LogP contribution is 2.25. The lowest BCUT2D eigenvalue weighted by Crippen LogP contribution is -2.22. The Labute approximate surface area is 138 Å². The van der Waals surface area contributed by atoms with Crippen molar-refractivity contribution in [2.45, 2.75) is 6.54 Å². The second-order valence-corrected chi connectivity index (χ2v) is 5.09. The number of phenolic OH excluding ortho intramolecular Hbond substituents is 1. The van der Waals surface area contributed by atoms with Crippen molar-refractivity contribution in [3.05, 3.63) is 54.4 Å². The number of hydrazone groups is 1. The maximum Gasteiger partial charge on any atom is 0.260 e. The molecule has 0 saturated carbocycles. The molecule has 0 fully saturated rings. The maximum absolute atomic E-state index is 12.0. The molecule has 7 nitrogen and oxygen atoms in total. The lowest BCUT2D eigenvalue weighted by molar-refractivity contribution is -0.121. The highest BCUT2D eigenvalue weighted by atomic mass is 16.5. The number of ether oxygens (including phenoxy) is 1. The monoisotopic (exact) mass is 324 g/mol. The topological polar surface area (TPSA) is 88.7 Å². The number of nitrogens with zero attached hydrogens (tertiary/aromatic N) is 3. The molecule has 0 unspecified atom stereocenters. The fraction of sp³-hybridized carbons (Fsp3) is 0.118. The number of aromatic nitrogens is 2. The van der Waals surface area contributed by atoms with Crippen molar-refractivity contribution in [2.75, 3.05) is 7.11 Å². The van der Waals surface area contributed by atoms with E-state index in [2.05, 4.69) is 15.5 Å². The van der Waals surface area contributed by atoms with E-state index >= 15 is 0 Å². The van der Waals surface area contributed by atoms with Crippen molar-refractivity contribution in [2.24, 2.45) is 5.10 Å². The second kappa shape index (κ2) is 6.82. The zero-order valence-corrected chi connectivity index (χ0v) is 13.0. The van der Waals surface area contributed by atoms with E-state index in [4.69, 9.17) is 4.74 Å². The number of nitrogens with one attached hydrogen (secondary N) is 1. The molecule has 0 radical (unpaired) electrons. The fourth-order valence-electron chi connectivity index (χ4n) is 2.29. The van der Waals surface area contributed by atoms with Crippen LogP contribution >= 0.6 is 0 Å². The van der Waals surface area contributed by atoms with E-state index in [-0.39, 0.29) is 18.2 Å². The average Bonchev–Trinajstić information content (AvgIpc) is 2.98. The summed E-state index contributed by atoms with van der Waals surface area (Å²) in [7, 11) is 1.48. The van der Waals surface area contributed by atoms with E-state index in [1.165, 1.54) is 19.4 Å². The summed E-state index contributed by atoms with van der Waals surface area (Å²) in [4.78, 5) is 16.2. The number of benzene rings is 2. The minimum Gasteiger partial charge on any atom is -0.504 e. The summed E-state index contributed by atoms with van der Waals surface area (Å²) >= 11 is 0. The molecule has 1 aromatic heterocycles. The van der Waals surface area contributed by atoms with Gasteiger partial charge in [-0.3, -0.25) is 4.79 Å². The Bertz CT molecular complexity index is 902. The minimum atomic E-state index is -0.271. The first-order valence-electron chi connectivity index (χ1n) is 7.26. The fourth-order valence-corrected chi connectivity index (χ4v) is 2.29. The quantitative estimate of drug-likeness (QED) is 0.554. The van der Waals surface area contributed by atoms with E-state index < -0.39 is 0 Å². The molecule has 2 aromatic carbocycles. The summed E-state index contributed by atoms with van der Waals surface area (Å²) < 4.78 is 6.71. The normalized spacial score (nSPS) is 11.0. The number of rotatable bonds is 5. The van der Waals surface area contributed by atoms with E-state index in [0.717, 1.165) is 11.0 Å². The SMILES string of the molecule is COc1ccc(/C=N/NC(=O)Cn2cnc3ccccc32)cc1O. The first-order chi connectivity index (χ1) is 11.7. The van der Waals surface area contributed by atoms with Gasteiger partial charge < -0.3 is 14.4 Å². The Kier molecular flexibility index (Phi) is 4.42. The van der Waals surface area contributed by atoms with E-state index in [1.807, 2.05) is 24.3 Å². The number of hydrogen-bond donors (Lipinski definition) is 2. The van der Waals surface area contributed by atoms with Crippen molar-refractivity contribution in [3.8, 4) is 11.5 Å². The van der Waals surface area contributed by atoms with E-state index in [1.54, 1.807) is 23.0 Å². The van der Waals surface area contributed by atoms with Crippen LogP contribution in [0.5, 0.6) is 11.5 Å². The predicted molar refractivity (Wildman–Crippen MR) is 90.1 cm³/mol. The first kappa shape index (κ1) is 15.5. The minimum absolute atomic E-state index is 0.0117. The Morgan fingerprint density at radius 1 is 1.38 bits per heavy atom. The van der Waals surface area contributed by atoms with Crippen LogP contribution in [0.15, 0.2) is 53.9 Å².